The summed E-state index contributed by atoms with van der Waals surface area (Å²) < 4.78 is 27.4. The minimum Gasteiger partial charge on any atom is -0.357 e. The number of piperidine rings is 1. The van der Waals surface area contributed by atoms with Crippen LogP contribution in [0.5, 0.6) is 0 Å². The van der Waals surface area contributed by atoms with E-state index in [0.717, 1.165) is 43.5 Å². The second kappa shape index (κ2) is 13.0. The Morgan fingerprint density at radius 3 is 2.61 bits per heavy atom. The molecule has 2 aromatic rings. The molecule has 0 atom stereocenters. The van der Waals surface area contributed by atoms with E-state index in [-0.39, 0.29) is 24.0 Å². The average molecular weight is 558 g/mol. The molecule has 1 fully saturated rings. The molecule has 0 amide bonds. The maximum absolute atomic E-state index is 12.9. The van der Waals surface area contributed by atoms with Crippen molar-refractivity contribution in [1.82, 2.24) is 19.9 Å². The van der Waals surface area contributed by atoms with Crippen molar-refractivity contribution in [2.24, 2.45) is 4.99 Å². The molecule has 3 rings (SSSR count). The largest absolute Gasteiger partial charge is 0.357 e. The molecule has 0 radical (unpaired) electrons. The maximum atomic E-state index is 12.9. The number of guanidine groups is 1. The second-order valence-electron chi connectivity index (χ2n) is 7.31. The molecular weight excluding hydrogens is 525 g/mol. The Kier molecular flexibility index (Phi) is 10.7. The first-order chi connectivity index (χ1) is 14.6. The third kappa shape index (κ3) is 7.73. The van der Waals surface area contributed by atoms with E-state index in [0.29, 0.717) is 37.0 Å². The summed E-state index contributed by atoms with van der Waals surface area (Å²) in [6.07, 6.45) is 5.55. The highest BCUT2D eigenvalue weighted by atomic mass is 127. The predicted octanol–water partition coefficient (Wildman–Crippen LogP) is 3.17. The minimum atomic E-state index is -3.43. The van der Waals surface area contributed by atoms with Gasteiger partial charge in [0.1, 0.15) is 0 Å². The van der Waals surface area contributed by atoms with E-state index >= 15 is 0 Å². The number of aromatic nitrogens is 1. The number of hydrogen-bond donors (Lipinski definition) is 2. The summed E-state index contributed by atoms with van der Waals surface area (Å²) in [5.74, 6) is 0.706. The van der Waals surface area contributed by atoms with Crippen LogP contribution < -0.4 is 10.6 Å². The summed E-state index contributed by atoms with van der Waals surface area (Å²) in [4.78, 5) is 9.29. The summed E-state index contributed by atoms with van der Waals surface area (Å²) >= 11 is 0. The number of rotatable bonds is 8. The minimum absolute atomic E-state index is 0. The lowest BCUT2D eigenvalue weighted by atomic mass is 10.2. The first-order valence-electron chi connectivity index (χ1n) is 10.6. The van der Waals surface area contributed by atoms with E-state index in [2.05, 4.69) is 20.6 Å². The molecule has 1 saturated heterocycles. The van der Waals surface area contributed by atoms with E-state index < -0.39 is 10.0 Å². The number of benzene rings is 1. The Balaban J connectivity index is 0.00000341. The van der Waals surface area contributed by atoms with Crippen LogP contribution in [0.25, 0.3) is 0 Å². The smallest absolute Gasteiger partial charge is 0.243 e. The highest BCUT2D eigenvalue weighted by Gasteiger charge is 2.25. The molecule has 7 nitrogen and oxygen atoms in total. The Bertz CT molecular complexity index is 932. The number of halogens is 1. The molecule has 170 valence electrons. The number of aliphatic imine (C=N–C) groups is 1. The summed E-state index contributed by atoms with van der Waals surface area (Å²) in [6.45, 7) is 5.10. The number of pyridine rings is 1. The van der Waals surface area contributed by atoms with Crippen molar-refractivity contribution in [3.05, 3.63) is 59.9 Å². The van der Waals surface area contributed by atoms with Gasteiger partial charge in [-0.3, -0.25) is 4.98 Å². The van der Waals surface area contributed by atoms with Crippen LogP contribution in [0, 0.1) is 0 Å². The summed E-state index contributed by atoms with van der Waals surface area (Å²) in [6, 6.07) is 13.0. The third-order valence-corrected chi connectivity index (χ3v) is 6.91. The van der Waals surface area contributed by atoms with Crippen molar-refractivity contribution in [3.63, 3.8) is 0 Å². The van der Waals surface area contributed by atoms with Crippen molar-refractivity contribution in [3.8, 4) is 0 Å². The second-order valence-corrected chi connectivity index (χ2v) is 9.24. The molecule has 31 heavy (non-hydrogen) atoms. The van der Waals surface area contributed by atoms with Crippen LogP contribution in [0.4, 0.5) is 0 Å². The molecule has 0 unspecified atom stereocenters. The molecule has 2 N–H and O–H groups in total. The lowest BCUT2D eigenvalue weighted by molar-refractivity contribution is 0.346. The Morgan fingerprint density at radius 1 is 1.10 bits per heavy atom. The van der Waals surface area contributed by atoms with Crippen molar-refractivity contribution in [2.45, 2.75) is 44.0 Å². The zero-order chi connectivity index (χ0) is 21.2. The van der Waals surface area contributed by atoms with Gasteiger partial charge in [-0.25, -0.2) is 13.4 Å². The first-order valence-corrected chi connectivity index (χ1v) is 12.0. The highest BCUT2D eigenvalue weighted by molar-refractivity contribution is 14.0. The van der Waals surface area contributed by atoms with E-state index in [1.165, 1.54) is 0 Å². The summed E-state index contributed by atoms with van der Waals surface area (Å²) in [5.41, 5.74) is 1.89. The van der Waals surface area contributed by atoms with Gasteiger partial charge in [0, 0.05) is 44.5 Å². The van der Waals surface area contributed by atoms with Gasteiger partial charge in [0.15, 0.2) is 5.96 Å². The number of sulfonamides is 1. The van der Waals surface area contributed by atoms with Crippen LogP contribution in [-0.2, 0) is 23.0 Å². The molecule has 9 heteroatoms. The van der Waals surface area contributed by atoms with Crippen LogP contribution in [0.2, 0.25) is 0 Å². The average Bonchev–Trinajstić information content (AvgIpc) is 2.79. The molecular formula is C22H32IN5O2S. The number of nitrogens with zero attached hydrogens (tertiary/aromatic N) is 3. The zero-order valence-corrected chi connectivity index (χ0v) is 21.1. The van der Waals surface area contributed by atoms with Gasteiger partial charge >= 0.3 is 0 Å². The molecule has 0 aliphatic carbocycles. The predicted molar refractivity (Wildman–Crippen MR) is 135 cm³/mol. The molecule has 0 bridgehead atoms. The standard InChI is InChI=1S/C22H31N5O2S.HI/c1-2-23-22(25-14-12-20-10-4-5-13-24-20)26-18-19-9-8-11-21(17-19)30(28,29)27-15-6-3-7-16-27;/h4-5,8-11,13,17H,2-3,6-7,12,14-16,18H2,1H3,(H2,23,25,26);1H. The van der Waals surface area contributed by atoms with Crippen molar-refractivity contribution in [1.29, 1.82) is 0 Å². The number of hydrogen-bond acceptors (Lipinski definition) is 4. The van der Waals surface area contributed by atoms with Gasteiger partial charge in [-0.1, -0.05) is 24.6 Å². The Morgan fingerprint density at radius 2 is 1.90 bits per heavy atom. The molecule has 0 spiro atoms. The SMILES string of the molecule is CCNC(=NCc1cccc(S(=O)(=O)N2CCCCC2)c1)NCCc1ccccn1.I. The first kappa shape index (κ1) is 25.5. The van der Waals surface area contributed by atoms with Crippen LogP contribution in [0.3, 0.4) is 0 Å². The molecule has 1 aromatic carbocycles. The highest BCUT2D eigenvalue weighted by Crippen LogP contribution is 2.21. The number of nitrogens with one attached hydrogen (secondary N) is 2. The zero-order valence-electron chi connectivity index (χ0n) is 18.0. The van der Waals surface area contributed by atoms with Gasteiger partial charge in [-0.05, 0) is 49.6 Å². The van der Waals surface area contributed by atoms with E-state index in [9.17, 15) is 8.42 Å². The van der Waals surface area contributed by atoms with Gasteiger partial charge in [0.25, 0.3) is 0 Å². The van der Waals surface area contributed by atoms with Crippen LogP contribution in [0.15, 0.2) is 58.5 Å². The maximum Gasteiger partial charge on any atom is 0.243 e. The van der Waals surface area contributed by atoms with E-state index in [4.69, 9.17) is 0 Å². The lowest BCUT2D eigenvalue weighted by Crippen LogP contribution is -2.38. The Labute approximate surface area is 202 Å². The van der Waals surface area contributed by atoms with Crippen LogP contribution in [-0.4, -0.2) is 49.8 Å². The molecule has 2 heterocycles. The van der Waals surface area contributed by atoms with Gasteiger partial charge in [-0.2, -0.15) is 4.31 Å². The molecule has 0 saturated carbocycles. The van der Waals surface area contributed by atoms with Crippen molar-refractivity contribution >= 4 is 40.0 Å². The van der Waals surface area contributed by atoms with Gasteiger partial charge in [0.2, 0.25) is 10.0 Å². The topological polar surface area (TPSA) is 86.7 Å². The van der Waals surface area contributed by atoms with Crippen molar-refractivity contribution < 1.29 is 8.42 Å². The van der Waals surface area contributed by atoms with Crippen molar-refractivity contribution in [2.75, 3.05) is 26.2 Å². The van der Waals surface area contributed by atoms with E-state index in [1.54, 1.807) is 28.7 Å². The third-order valence-electron chi connectivity index (χ3n) is 5.01. The fourth-order valence-corrected chi connectivity index (χ4v) is 5.01. The fraction of sp³-hybridized carbons (Fsp3) is 0.455. The van der Waals surface area contributed by atoms with Crippen LogP contribution >= 0.6 is 24.0 Å². The molecule has 1 aromatic heterocycles. The molecule has 1 aliphatic heterocycles. The van der Waals surface area contributed by atoms with Gasteiger partial charge in [0.05, 0.1) is 11.4 Å². The lowest BCUT2D eigenvalue weighted by Gasteiger charge is -2.26. The quantitative estimate of drug-likeness (QED) is 0.296. The molecule has 1 aliphatic rings. The fourth-order valence-electron chi connectivity index (χ4n) is 3.43. The van der Waals surface area contributed by atoms with Gasteiger partial charge < -0.3 is 10.6 Å². The summed E-state index contributed by atoms with van der Waals surface area (Å²) in [7, 11) is -3.43. The Hall–Kier alpha value is -1.72. The monoisotopic (exact) mass is 557 g/mol. The van der Waals surface area contributed by atoms with E-state index in [1.807, 2.05) is 31.2 Å². The normalized spacial score (nSPS) is 15.2. The van der Waals surface area contributed by atoms with Crippen LogP contribution in [0.1, 0.15) is 37.4 Å². The van der Waals surface area contributed by atoms with Gasteiger partial charge in [-0.15, -0.1) is 24.0 Å². The summed E-state index contributed by atoms with van der Waals surface area (Å²) in [5, 5.41) is 6.54.